The van der Waals surface area contributed by atoms with Crippen molar-refractivity contribution < 1.29 is 4.79 Å². The van der Waals surface area contributed by atoms with Crippen molar-refractivity contribution in [3.05, 3.63) is 41.7 Å². The predicted octanol–water partition coefficient (Wildman–Crippen LogP) is 0.750. The van der Waals surface area contributed by atoms with E-state index in [1.54, 1.807) is 23.9 Å². The maximum Gasteiger partial charge on any atom is 0.231 e. The first-order valence-electron chi connectivity index (χ1n) is 4.49. The second-order valence-electron chi connectivity index (χ2n) is 3.35. The zero-order valence-corrected chi connectivity index (χ0v) is 8.51. The third kappa shape index (κ3) is 1.76. The molecule has 5 nitrogen and oxygen atoms in total. The van der Waals surface area contributed by atoms with Gasteiger partial charge in [0.25, 0.3) is 0 Å². The number of rotatable bonds is 2. The van der Waals surface area contributed by atoms with Gasteiger partial charge in [-0.2, -0.15) is 0 Å². The first-order chi connectivity index (χ1) is 7.18. The van der Waals surface area contributed by atoms with Gasteiger partial charge in [-0.15, -0.1) is 10.2 Å². The summed E-state index contributed by atoms with van der Waals surface area (Å²) in [5.41, 5.74) is 1.48. The third-order valence-corrected chi connectivity index (χ3v) is 2.05. The Morgan fingerprint density at radius 2 is 2.20 bits per heavy atom. The molecule has 0 atom stereocenters. The van der Waals surface area contributed by atoms with Crippen molar-refractivity contribution >= 4 is 5.78 Å². The molecule has 2 rings (SSSR count). The van der Waals surface area contributed by atoms with Crippen LogP contribution in [0.5, 0.6) is 0 Å². The van der Waals surface area contributed by atoms with Gasteiger partial charge in [0.2, 0.25) is 11.6 Å². The number of nitrogens with zero attached hydrogens (tertiary/aromatic N) is 4. The van der Waals surface area contributed by atoms with Crippen LogP contribution in [-0.2, 0) is 7.05 Å². The standard InChI is InChI=1S/C10H10N4O/c1-7-3-8(5-11-4-7)9(15)10-13-12-6-14(10)2/h3-6H,1-2H3. The van der Waals surface area contributed by atoms with Crippen LogP contribution in [0.3, 0.4) is 0 Å². The summed E-state index contributed by atoms with van der Waals surface area (Å²) >= 11 is 0. The Morgan fingerprint density at radius 1 is 1.40 bits per heavy atom. The Balaban J connectivity index is 2.41. The van der Waals surface area contributed by atoms with Crippen LogP contribution >= 0.6 is 0 Å². The van der Waals surface area contributed by atoms with Crippen LogP contribution in [0.1, 0.15) is 21.7 Å². The molecule has 2 aromatic heterocycles. The molecule has 0 aliphatic carbocycles. The number of ketones is 1. The van der Waals surface area contributed by atoms with Gasteiger partial charge in [0.05, 0.1) is 0 Å². The van der Waals surface area contributed by atoms with Gasteiger partial charge in [-0.25, -0.2) is 0 Å². The van der Waals surface area contributed by atoms with E-state index in [9.17, 15) is 4.79 Å². The van der Waals surface area contributed by atoms with Crippen molar-refractivity contribution in [1.82, 2.24) is 19.7 Å². The Labute approximate surface area is 86.8 Å². The minimum Gasteiger partial charge on any atom is -0.314 e. The van der Waals surface area contributed by atoms with E-state index in [2.05, 4.69) is 15.2 Å². The minimum absolute atomic E-state index is 0.161. The van der Waals surface area contributed by atoms with Crippen molar-refractivity contribution in [3.8, 4) is 0 Å². The topological polar surface area (TPSA) is 60.7 Å². The predicted molar refractivity (Wildman–Crippen MR) is 53.4 cm³/mol. The van der Waals surface area contributed by atoms with E-state index in [1.807, 2.05) is 6.92 Å². The SMILES string of the molecule is Cc1cncc(C(=O)c2nncn2C)c1. The van der Waals surface area contributed by atoms with Crippen LogP contribution in [0.2, 0.25) is 0 Å². The molecule has 0 spiro atoms. The highest BCUT2D eigenvalue weighted by atomic mass is 16.1. The van der Waals surface area contributed by atoms with Crippen LogP contribution in [-0.4, -0.2) is 25.5 Å². The highest BCUT2D eigenvalue weighted by molar-refractivity contribution is 6.06. The van der Waals surface area contributed by atoms with Crippen LogP contribution in [0.15, 0.2) is 24.8 Å². The Kier molecular flexibility index (Phi) is 2.29. The van der Waals surface area contributed by atoms with Crippen LogP contribution < -0.4 is 0 Å². The van der Waals surface area contributed by atoms with Gasteiger partial charge in [0.1, 0.15) is 6.33 Å². The van der Waals surface area contributed by atoms with Gasteiger partial charge in [0.15, 0.2) is 0 Å². The third-order valence-electron chi connectivity index (χ3n) is 2.05. The molecule has 5 heteroatoms. The normalized spacial score (nSPS) is 10.3. The summed E-state index contributed by atoms with van der Waals surface area (Å²) in [4.78, 5) is 15.9. The average Bonchev–Trinajstić information content (AvgIpc) is 2.63. The monoisotopic (exact) mass is 202 g/mol. The molecule has 0 aliphatic rings. The van der Waals surface area contributed by atoms with E-state index in [0.717, 1.165) is 5.56 Å². The van der Waals surface area contributed by atoms with Gasteiger partial charge in [-0.1, -0.05) is 0 Å². The summed E-state index contributed by atoms with van der Waals surface area (Å²) in [7, 11) is 1.73. The highest BCUT2D eigenvalue weighted by Gasteiger charge is 2.14. The molecule has 0 fully saturated rings. The number of hydrogen-bond acceptors (Lipinski definition) is 4. The van der Waals surface area contributed by atoms with E-state index < -0.39 is 0 Å². The minimum atomic E-state index is -0.161. The lowest BCUT2D eigenvalue weighted by atomic mass is 10.1. The largest absolute Gasteiger partial charge is 0.314 e. The maximum atomic E-state index is 11.9. The Bertz CT molecular complexity index is 504. The maximum absolute atomic E-state index is 11.9. The van der Waals surface area contributed by atoms with E-state index in [-0.39, 0.29) is 5.78 Å². The summed E-state index contributed by atoms with van der Waals surface area (Å²) in [5, 5.41) is 7.42. The molecule has 0 radical (unpaired) electrons. The molecule has 0 bridgehead atoms. The first-order valence-corrected chi connectivity index (χ1v) is 4.49. The molecule has 0 aromatic carbocycles. The zero-order valence-electron chi connectivity index (χ0n) is 8.51. The quantitative estimate of drug-likeness (QED) is 0.674. The lowest BCUT2D eigenvalue weighted by molar-refractivity contribution is 0.102. The number of pyridine rings is 1. The van der Waals surface area contributed by atoms with Crippen molar-refractivity contribution in [3.63, 3.8) is 0 Å². The van der Waals surface area contributed by atoms with Crippen LogP contribution in [0, 0.1) is 6.92 Å². The van der Waals surface area contributed by atoms with Crippen LogP contribution in [0.25, 0.3) is 0 Å². The fourth-order valence-corrected chi connectivity index (χ4v) is 1.30. The van der Waals surface area contributed by atoms with E-state index in [0.29, 0.717) is 11.4 Å². The van der Waals surface area contributed by atoms with Crippen molar-refractivity contribution in [1.29, 1.82) is 0 Å². The summed E-state index contributed by atoms with van der Waals surface area (Å²) < 4.78 is 1.59. The van der Waals surface area contributed by atoms with E-state index >= 15 is 0 Å². The second kappa shape index (κ2) is 3.61. The second-order valence-corrected chi connectivity index (χ2v) is 3.35. The van der Waals surface area contributed by atoms with Gasteiger partial charge in [-0.05, 0) is 18.6 Å². The highest BCUT2D eigenvalue weighted by Crippen LogP contribution is 2.07. The number of hydrogen-bond donors (Lipinski definition) is 0. The summed E-state index contributed by atoms with van der Waals surface area (Å²) in [6, 6.07) is 1.78. The van der Waals surface area contributed by atoms with Crippen molar-refractivity contribution in [2.24, 2.45) is 7.05 Å². The summed E-state index contributed by atoms with van der Waals surface area (Å²) in [5.74, 6) is 0.161. The molecule has 15 heavy (non-hydrogen) atoms. The molecule has 2 aromatic rings. The number of carbonyl (C=O) groups excluding carboxylic acids is 1. The average molecular weight is 202 g/mol. The fraction of sp³-hybridized carbons (Fsp3) is 0.200. The van der Waals surface area contributed by atoms with Gasteiger partial charge >= 0.3 is 0 Å². The fourth-order valence-electron chi connectivity index (χ4n) is 1.30. The van der Waals surface area contributed by atoms with Gasteiger partial charge in [0, 0.05) is 25.0 Å². The number of carbonyl (C=O) groups is 1. The zero-order chi connectivity index (χ0) is 10.8. The molecule has 0 N–H and O–H groups in total. The van der Waals surface area contributed by atoms with Gasteiger partial charge in [-0.3, -0.25) is 9.78 Å². The number of aromatic nitrogens is 4. The molecule has 0 aliphatic heterocycles. The van der Waals surface area contributed by atoms with E-state index in [4.69, 9.17) is 0 Å². The summed E-state index contributed by atoms with van der Waals surface area (Å²) in [6.07, 6.45) is 4.73. The first kappa shape index (κ1) is 9.51. The molecule has 2 heterocycles. The lowest BCUT2D eigenvalue weighted by Crippen LogP contribution is -2.09. The summed E-state index contributed by atoms with van der Waals surface area (Å²) in [6.45, 7) is 1.89. The van der Waals surface area contributed by atoms with Crippen molar-refractivity contribution in [2.75, 3.05) is 0 Å². The smallest absolute Gasteiger partial charge is 0.231 e. The molecule has 0 saturated carbocycles. The van der Waals surface area contributed by atoms with E-state index in [1.165, 1.54) is 12.5 Å². The van der Waals surface area contributed by atoms with Crippen molar-refractivity contribution in [2.45, 2.75) is 6.92 Å². The number of aryl methyl sites for hydroxylation is 2. The van der Waals surface area contributed by atoms with Gasteiger partial charge < -0.3 is 4.57 Å². The molecule has 0 unspecified atom stereocenters. The Hall–Kier alpha value is -2.04. The molecule has 76 valence electrons. The molecular weight excluding hydrogens is 192 g/mol. The van der Waals surface area contributed by atoms with Crippen LogP contribution in [0.4, 0.5) is 0 Å². The lowest BCUT2D eigenvalue weighted by Gasteiger charge is -2.00. The molecule has 0 saturated heterocycles. The molecular formula is C10H10N4O. The molecule has 0 amide bonds. The Morgan fingerprint density at radius 3 is 2.80 bits per heavy atom.